The number of fused-ring (bicyclic) bond motifs is 5. The standard InChI is InChI=1S/C22H23FN8O6/c1-9-7-30-14-11(6-22(16(30)10(2)36-9)18(33)27-21(35)28-19(22)34)5-12-15(13(14)23)37-29-17(12)31-20(24-3-4-32)25-8-26-31/h5,8-10,16,32H,3-4,6-7H2,1-2H3,(H,24,25,26)(H2,27,28,33,34,35)/t9-,10+,16-/m1/s1. The molecule has 0 bridgehead atoms. The molecule has 4 N–H and O–H groups in total. The van der Waals surface area contributed by atoms with E-state index in [0.29, 0.717) is 5.56 Å². The number of anilines is 2. The van der Waals surface area contributed by atoms with Crippen LogP contribution in [0.4, 0.5) is 20.8 Å². The summed E-state index contributed by atoms with van der Waals surface area (Å²) >= 11 is 0. The van der Waals surface area contributed by atoms with E-state index in [9.17, 15) is 14.4 Å². The Labute approximate surface area is 208 Å². The van der Waals surface area contributed by atoms with Crippen molar-refractivity contribution < 1.29 is 33.1 Å². The van der Waals surface area contributed by atoms with Crippen LogP contribution < -0.4 is 20.9 Å². The number of aromatic nitrogens is 4. The number of carbonyl (C=O) groups excluding carboxylic acids is 3. The number of carbonyl (C=O) groups is 3. The summed E-state index contributed by atoms with van der Waals surface area (Å²) in [5.41, 5.74) is -1.34. The van der Waals surface area contributed by atoms with E-state index in [-0.39, 0.29) is 60.6 Å². The highest BCUT2D eigenvalue weighted by molar-refractivity contribution is 6.20. The van der Waals surface area contributed by atoms with E-state index in [1.165, 1.54) is 11.0 Å². The molecule has 2 saturated heterocycles. The van der Waals surface area contributed by atoms with Crippen molar-refractivity contribution in [3.63, 3.8) is 0 Å². The van der Waals surface area contributed by atoms with Crippen LogP contribution in [0, 0.1) is 11.2 Å². The van der Waals surface area contributed by atoms with E-state index in [1.54, 1.807) is 17.9 Å². The molecule has 0 radical (unpaired) electrons. The average Bonchev–Trinajstić information content (AvgIpc) is 3.47. The Hall–Kier alpha value is -4.11. The molecule has 3 aromatic rings. The van der Waals surface area contributed by atoms with Gasteiger partial charge in [-0.1, -0.05) is 5.16 Å². The molecule has 14 nitrogen and oxygen atoms in total. The van der Waals surface area contributed by atoms with E-state index in [1.807, 2.05) is 6.92 Å². The monoisotopic (exact) mass is 514 g/mol. The van der Waals surface area contributed by atoms with Gasteiger partial charge in [0.2, 0.25) is 29.2 Å². The third kappa shape index (κ3) is 3.23. The van der Waals surface area contributed by atoms with E-state index in [2.05, 4.69) is 31.2 Å². The summed E-state index contributed by atoms with van der Waals surface area (Å²) in [6.45, 7) is 3.76. The fourth-order valence-corrected chi connectivity index (χ4v) is 5.77. The third-order valence-electron chi connectivity index (χ3n) is 7.09. The number of hydrogen-bond donors (Lipinski definition) is 4. The summed E-state index contributed by atoms with van der Waals surface area (Å²) in [6, 6.07) is -0.187. The number of benzene rings is 1. The number of amides is 4. The number of ether oxygens (including phenoxy) is 1. The van der Waals surface area contributed by atoms with Crippen LogP contribution in [-0.2, 0) is 20.7 Å². The van der Waals surface area contributed by atoms with Crippen LogP contribution in [0.5, 0.6) is 0 Å². The number of barbiturate groups is 1. The summed E-state index contributed by atoms with van der Waals surface area (Å²) in [5.74, 6) is -1.87. The number of rotatable bonds is 4. The van der Waals surface area contributed by atoms with E-state index in [4.69, 9.17) is 14.4 Å². The van der Waals surface area contributed by atoms with Gasteiger partial charge in [0.15, 0.2) is 11.2 Å². The van der Waals surface area contributed by atoms with Gasteiger partial charge in [0.05, 0.1) is 35.9 Å². The molecule has 37 heavy (non-hydrogen) atoms. The van der Waals surface area contributed by atoms with Crippen LogP contribution in [0.2, 0.25) is 0 Å². The maximum atomic E-state index is 16.2. The Morgan fingerprint density at radius 1 is 1.27 bits per heavy atom. The topological polar surface area (TPSA) is 177 Å². The molecule has 2 aromatic heterocycles. The highest BCUT2D eigenvalue weighted by Crippen LogP contribution is 2.49. The molecular weight excluding hydrogens is 491 g/mol. The first-order valence-corrected chi connectivity index (χ1v) is 11.7. The van der Waals surface area contributed by atoms with Crippen LogP contribution in [-0.4, -0.2) is 80.8 Å². The first-order chi connectivity index (χ1) is 17.8. The first-order valence-electron chi connectivity index (χ1n) is 11.7. The Bertz CT molecular complexity index is 1430. The van der Waals surface area contributed by atoms with Crippen LogP contribution >= 0.6 is 0 Å². The molecule has 1 spiro atoms. The van der Waals surface area contributed by atoms with Crippen molar-refractivity contribution in [2.45, 2.75) is 38.5 Å². The Balaban J connectivity index is 1.56. The predicted molar refractivity (Wildman–Crippen MR) is 123 cm³/mol. The van der Waals surface area contributed by atoms with Crippen LogP contribution in [0.1, 0.15) is 19.4 Å². The molecule has 3 atom stereocenters. The number of urea groups is 1. The van der Waals surface area contributed by atoms with Crippen LogP contribution in [0.3, 0.4) is 0 Å². The second kappa shape index (κ2) is 8.21. The van der Waals surface area contributed by atoms with Gasteiger partial charge in [-0.05, 0) is 25.5 Å². The van der Waals surface area contributed by atoms with Gasteiger partial charge in [-0.2, -0.15) is 14.8 Å². The Morgan fingerprint density at radius 2 is 2.03 bits per heavy atom. The lowest BCUT2D eigenvalue weighted by atomic mass is 9.66. The van der Waals surface area contributed by atoms with Gasteiger partial charge >= 0.3 is 6.03 Å². The summed E-state index contributed by atoms with van der Waals surface area (Å²) < 4.78 is 28.8. The molecule has 4 amide bonds. The zero-order valence-electron chi connectivity index (χ0n) is 19.8. The molecule has 6 rings (SSSR count). The number of hydrogen-bond acceptors (Lipinski definition) is 11. The van der Waals surface area contributed by atoms with Crippen LogP contribution in [0.15, 0.2) is 16.9 Å². The summed E-state index contributed by atoms with van der Waals surface area (Å²) in [5, 5.41) is 24.8. The lowest BCUT2D eigenvalue weighted by Gasteiger charge is -2.55. The lowest BCUT2D eigenvalue weighted by molar-refractivity contribution is -0.153. The minimum atomic E-state index is -1.75. The smallest absolute Gasteiger partial charge is 0.328 e. The fraction of sp³-hybridized carbons (Fsp3) is 0.455. The molecule has 1 aromatic carbocycles. The summed E-state index contributed by atoms with van der Waals surface area (Å²) in [7, 11) is 0. The fourth-order valence-electron chi connectivity index (χ4n) is 5.77. The number of imide groups is 2. The van der Waals surface area contributed by atoms with E-state index in [0.717, 1.165) is 0 Å². The van der Waals surface area contributed by atoms with Crippen molar-refractivity contribution in [1.29, 1.82) is 0 Å². The van der Waals surface area contributed by atoms with Crippen molar-refractivity contribution in [2.75, 3.05) is 29.9 Å². The number of nitrogens with zero attached hydrogens (tertiary/aromatic N) is 5. The summed E-state index contributed by atoms with van der Waals surface area (Å²) in [4.78, 5) is 44.3. The SMILES string of the molecule is C[C@@H]1CN2c3c(cc4c(-n5ncnc5NCCO)noc4c3F)CC3(C(=O)NC(=O)NC3=O)[C@H]2[C@H](C)O1. The second-order valence-electron chi connectivity index (χ2n) is 9.36. The number of halogens is 1. The van der Waals surface area contributed by atoms with Gasteiger partial charge in [0, 0.05) is 19.5 Å². The summed E-state index contributed by atoms with van der Waals surface area (Å²) in [6.07, 6.45) is 0.0957. The molecule has 3 aliphatic rings. The maximum Gasteiger partial charge on any atom is 0.328 e. The maximum absolute atomic E-state index is 16.2. The van der Waals surface area contributed by atoms with Gasteiger partial charge in [-0.25, -0.2) is 9.18 Å². The predicted octanol–water partition coefficient (Wildman–Crippen LogP) is -0.157. The average molecular weight is 514 g/mol. The molecule has 194 valence electrons. The lowest BCUT2D eigenvalue weighted by Crippen LogP contribution is -2.75. The molecule has 15 heteroatoms. The first kappa shape index (κ1) is 23.3. The van der Waals surface area contributed by atoms with Gasteiger partial charge in [0.25, 0.3) is 0 Å². The van der Waals surface area contributed by atoms with Gasteiger partial charge in [-0.3, -0.25) is 20.2 Å². The number of aliphatic hydroxyl groups is 1. The highest BCUT2D eigenvalue weighted by atomic mass is 19.1. The van der Waals surface area contributed by atoms with Crippen molar-refractivity contribution in [2.24, 2.45) is 5.41 Å². The van der Waals surface area contributed by atoms with Crippen molar-refractivity contribution >= 4 is 40.5 Å². The van der Waals surface area contributed by atoms with Gasteiger partial charge < -0.3 is 24.6 Å². The molecule has 0 saturated carbocycles. The molecular formula is C22H23FN8O6. The number of morpholine rings is 1. The molecule has 3 aliphatic heterocycles. The highest BCUT2D eigenvalue weighted by Gasteiger charge is 2.63. The zero-order valence-corrected chi connectivity index (χ0v) is 19.8. The molecule has 2 fully saturated rings. The Morgan fingerprint density at radius 3 is 2.76 bits per heavy atom. The molecule has 0 aliphatic carbocycles. The quantitative estimate of drug-likeness (QED) is 0.340. The van der Waals surface area contributed by atoms with Crippen LogP contribution in [0.25, 0.3) is 16.8 Å². The van der Waals surface area contributed by atoms with Crippen molar-refractivity contribution in [1.82, 2.24) is 30.6 Å². The third-order valence-corrected chi connectivity index (χ3v) is 7.09. The van der Waals surface area contributed by atoms with Crippen molar-refractivity contribution in [3.8, 4) is 5.82 Å². The van der Waals surface area contributed by atoms with Gasteiger partial charge in [-0.15, -0.1) is 0 Å². The second-order valence-corrected chi connectivity index (χ2v) is 9.36. The number of nitrogens with one attached hydrogen (secondary N) is 3. The van der Waals surface area contributed by atoms with Gasteiger partial charge in [0.1, 0.15) is 6.33 Å². The van der Waals surface area contributed by atoms with E-state index >= 15 is 4.39 Å². The van der Waals surface area contributed by atoms with Crippen molar-refractivity contribution in [3.05, 3.63) is 23.8 Å². The number of aliphatic hydroxyl groups excluding tert-OH is 1. The minimum Gasteiger partial charge on any atom is -0.395 e. The molecule has 5 heterocycles. The largest absolute Gasteiger partial charge is 0.395 e. The molecule has 0 unspecified atom stereocenters. The zero-order chi connectivity index (χ0) is 26.1. The Kier molecular flexibility index (Phi) is 5.17. The minimum absolute atomic E-state index is 0.127. The van der Waals surface area contributed by atoms with E-state index < -0.39 is 41.2 Å². The normalized spacial score (nSPS) is 24.6.